The van der Waals surface area contributed by atoms with Gasteiger partial charge in [0.15, 0.2) is 0 Å². The minimum absolute atomic E-state index is 0.632. The van der Waals surface area contributed by atoms with Crippen LogP contribution in [0.3, 0.4) is 0 Å². The van der Waals surface area contributed by atoms with Gasteiger partial charge in [-0.05, 0) is 30.7 Å². The first kappa shape index (κ1) is 12.6. The molecule has 0 saturated carbocycles. The zero-order chi connectivity index (χ0) is 12.8. The lowest BCUT2D eigenvalue weighted by molar-refractivity contribution is 0.414. The summed E-state index contributed by atoms with van der Waals surface area (Å²) in [6.45, 7) is 0.635. The lowest BCUT2D eigenvalue weighted by Gasteiger charge is -2.00. The smallest absolute Gasteiger partial charge is 0.220 e. The number of aryl methyl sites for hydroxylation is 1. The highest BCUT2D eigenvalue weighted by Gasteiger charge is 2.06. The summed E-state index contributed by atoms with van der Waals surface area (Å²) in [5.74, 6) is 2.13. The van der Waals surface area contributed by atoms with E-state index >= 15 is 0 Å². The topological polar surface area (TPSA) is 74.2 Å². The highest BCUT2D eigenvalue weighted by atomic mass is 16.5. The Hall–Kier alpha value is -1.88. The predicted molar refractivity (Wildman–Crippen MR) is 67.5 cm³/mol. The van der Waals surface area contributed by atoms with Crippen LogP contribution in [0.2, 0.25) is 0 Å². The molecule has 0 aliphatic carbocycles. The number of rotatable bonds is 6. The fourth-order valence-corrected chi connectivity index (χ4v) is 1.63. The zero-order valence-corrected chi connectivity index (χ0v) is 10.4. The molecule has 0 fully saturated rings. The highest BCUT2D eigenvalue weighted by Crippen LogP contribution is 2.14. The van der Waals surface area contributed by atoms with E-state index in [4.69, 9.17) is 14.9 Å². The Bertz CT molecular complexity index is 479. The molecule has 0 radical (unpaired) electrons. The summed E-state index contributed by atoms with van der Waals surface area (Å²) in [6, 6.07) is 7.81. The molecule has 2 rings (SSSR count). The molecule has 0 saturated heterocycles. The second kappa shape index (κ2) is 6.16. The van der Waals surface area contributed by atoms with Crippen molar-refractivity contribution in [1.82, 2.24) is 10.2 Å². The summed E-state index contributed by atoms with van der Waals surface area (Å²) >= 11 is 0. The van der Waals surface area contributed by atoms with Crippen molar-refractivity contribution in [3.8, 4) is 5.75 Å². The summed E-state index contributed by atoms with van der Waals surface area (Å²) < 4.78 is 10.6. The van der Waals surface area contributed by atoms with Crippen molar-refractivity contribution in [2.24, 2.45) is 5.73 Å². The number of nitrogens with zero attached hydrogens (tertiary/aromatic N) is 2. The van der Waals surface area contributed by atoms with Crippen molar-refractivity contribution in [2.75, 3.05) is 13.7 Å². The number of nitrogens with two attached hydrogens (primary N) is 1. The van der Waals surface area contributed by atoms with Crippen LogP contribution in [-0.4, -0.2) is 23.9 Å². The van der Waals surface area contributed by atoms with E-state index in [1.54, 1.807) is 7.11 Å². The van der Waals surface area contributed by atoms with Crippen LogP contribution in [0.25, 0.3) is 0 Å². The summed E-state index contributed by atoms with van der Waals surface area (Å²) in [5, 5.41) is 8.00. The van der Waals surface area contributed by atoms with Crippen molar-refractivity contribution in [3.05, 3.63) is 41.6 Å². The largest absolute Gasteiger partial charge is 0.497 e. The molecular formula is C13H17N3O2. The maximum Gasteiger partial charge on any atom is 0.220 e. The fourth-order valence-electron chi connectivity index (χ4n) is 1.63. The van der Waals surface area contributed by atoms with Crippen LogP contribution in [0.5, 0.6) is 5.75 Å². The molecule has 0 amide bonds. The van der Waals surface area contributed by atoms with Crippen LogP contribution in [0, 0.1) is 0 Å². The van der Waals surface area contributed by atoms with Gasteiger partial charge in [-0.25, -0.2) is 0 Å². The van der Waals surface area contributed by atoms with Crippen molar-refractivity contribution in [2.45, 2.75) is 19.3 Å². The third-order valence-corrected chi connectivity index (χ3v) is 2.62. The molecule has 0 aliphatic rings. The lowest BCUT2D eigenvalue weighted by atomic mass is 10.1. The molecular weight excluding hydrogens is 230 g/mol. The number of methoxy groups -OCH3 is 1. The van der Waals surface area contributed by atoms with Gasteiger partial charge in [0.1, 0.15) is 5.75 Å². The minimum Gasteiger partial charge on any atom is -0.497 e. The van der Waals surface area contributed by atoms with Gasteiger partial charge in [0, 0.05) is 6.42 Å². The van der Waals surface area contributed by atoms with Crippen LogP contribution >= 0.6 is 0 Å². The van der Waals surface area contributed by atoms with Crippen molar-refractivity contribution < 1.29 is 9.15 Å². The third-order valence-electron chi connectivity index (χ3n) is 2.62. The van der Waals surface area contributed by atoms with E-state index in [-0.39, 0.29) is 0 Å². The second-order valence-corrected chi connectivity index (χ2v) is 4.01. The van der Waals surface area contributed by atoms with Crippen LogP contribution < -0.4 is 10.5 Å². The molecule has 96 valence electrons. The normalized spacial score (nSPS) is 10.6. The highest BCUT2D eigenvalue weighted by molar-refractivity contribution is 5.28. The zero-order valence-electron chi connectivity index (χ0n) is 10.4. The summed E-state index contributed by atoms with van der Waals surface area (Å²) in [5.41, 5.74) is 6.55. The Morgan fingerprint density at radius 3 is 2.56 bits per heavy atom. The summed E-state index contributed by atoms with van der Waals surface area (Å²) in [7, 11) is 1.65. The first-order valence-corrected chi connectivity index (χ1v) is 5.96. The van der Waals surface area contributed by atoms with Crippen molar-refractivity contribution in [1.29, 1.82) is 0 Å². The number of ether oxygens (including phenoxy) is 1. The molecule has 0 atom stereocenters. The third kappa shape index (κ3) is 3.30. The molecule has 2 aromatic rings. The van der Waals surface area contributed by atoms with Gasteiger partial charge in [-0.2, -0.15) is 0 Å². The van der Waals surface area contributed by atoms with E-state index in [0.29, 0.717) is 24.7 Å². The lowest BCUT2D eigenvalue weighted by Crippen LogP contribution is -2.00. The summed E-state index contributed by atoms with van der Waals surface area (Å²) in [4.78, 5) is 0. The number of hydrogen-bond acceptors (Lipinski definition) is 5. The predicted octanol–water partition coefficient (Wildman–Crippen LogP) is 1.56. The minimum atomic E-state index is 0.632. The standard InChI is InChI=1S/C13H17N3O2/c1-17-11-6-4-10(5-7-11)9-13-16-15-12(18-13)3-2-8-14/h4-7H,2-3,8-9,14H2,1H3. The Morgan fingerprint density at radius 2 is 1.89 bits per heavy atom. The Labute approximate surface area is 106 Å². The van der Waals surface area contributed by atoms with E-state index in [9.17, 15) is 0 Å². The monoisotopic (exact) mass is 247 g/mol. The molecule has 0 spiro atoms. The van der Waals surface area contributed by atoms with Crippen molar-refractivity contribution in [3.63, 3.8) is 0 Å². The Balaban J connectivity index is 1.97. The van der Waals surface area contributed by atoms with Gasteiger partial charge < -0.3 is 14.9 Å². The van der Waals surface area contributed by atoms with Gasteiger partial charge in [0.25, 0.3) is 0 Å². The van der Waals surface area contributed by atoms with Gasteiger partial charge in [0.05, 0.1) is 13.5 Å². The molecule has 5 nitrogen and oxygen atoms in total. The van der Waals surface area contributed by atoms with Crippen LogP contribution in [0.1, 0.15) is 23.8 Å². The Kier molecular flexibility index (Phi) is 4.30. The van der Waals surface area contributed by atoms with E-state index < -0.39 is 0 Å². The van der Waals surface area contributed by atoms with Crippen molar-refractivity contribution >= 4 is 0 Å². The van der Waals surface area contributed by atoms with Crippen LogP contribution in [0.15, 0.2) is 28.7 Å². The molecule has 1 heterocycles. The first-order valence-electron chi connectivity index (χ1n) is 5.96. The molecule has 2 N–H and O–H groups in total. The maximum absolute atomic E-state index is 5.54. The molecule has 0 aliphatic heterocycles. The Morgan fingerprint density at radius 1 is 1.17 bits per heavy atom. The van der Waals surface area contributed by atoms with Gasteiger partial charge in [-0.1, -0.05) is 12.1 Å². The van der Waals surface area contributed by atoms with E-state index in [1.165, 1.54) is 0 Å². The van der Waals surface area contributed by atoms with Gasteiger partial charge >= 0.3 is 0 Å². The van der Waals surface area contributed by atoms with E-state index in [2.05, 4.69) is 10.2 Å². The average Bonchev–Trinajstić information content (AvgIpc) is 2.85. The van der Waals surface area contributed by atoms with E-state index in [1.807, 2.05) is 24.3 Å². The molecule has 18 heavy (non-hydrogen) atoms. The van der Waals surface area contributed by atoms with Gasteiger partial charge in [0.2, 0.25) is 11.8 Å². The van der Waals surface area contributed by atoms with Gasteiger partial charge in [-0.15, -0.1) is 10.2 Å². The summed E-state index contributed by atoms with van der Waals surface area (Å²) in [6.07, 6.45) is 2.25. The molecule has 1 aromatic heterocycles. The number of benzene rings is 1. The molecule has 0 unspecified atom stereocenters. The molecule has 1 aromatic carbocycles. The van der Waals surface area contributed by atoms with Crippen LogP contribution in [-0.2, 0) is 12.8 Å². The molecule has 5 heteroatoms. The van der Waals surface area contributed by atoms with E-state index in [0.717, 1.165) is 24.2 Å². The quantitative estimate of drug-likeness (QED) is 0.838. The number of aromatic nitrogens is 2. The first-order chi connectivity index (χ1) is 8.81. The van der Waals surface area contributed by atoms with Crippen LogP contribution in [0.4, 0.5) is 0 Å². The molecule has 0 bridgehead atoms. The second-order valence-electron chi connectivity index (χ2n) is 4.01. The SMILES string of the molecule is COc1ccc(Cc2nnc(CCCN)o2)cc1. The maximum atomic E-state index is 5.54. The van der Waals surface area contributed by atoms with Gasteiger partial charge in [-0.3, -0.25) is 0 Å². The number of hydrogen-bond donors (Lipinski definition) is 1. The fraction of sp³-hybridized carbons (Fsp3) is 0.385. The average molecular weight is 247 g/mol.